The van der Waals surface area contributed by atoms with Gasteiger partial charge >= 0.3 is 0 Å². The fourth-order valence-electron chi connectivity index (χ4n) is 1.59. The monoisotopic (exact) mass is 336 g/mol. The molecule has 1 aromatic heterocycles. The minimum absolute atomic E-state index is 0.169. The van der Waals surface area contributed by atoms with Gasteiger partial charge in [0.2, 0.25) is 0 Å². The molecule has 0 saturated heterocycles. The van der Waals surface area contributed by atoms with E-state index < -0.39 is 0 Å². The van der Waals surface area contributed by atoms with E-state index in [4.69, 9.17) is 10.00 Å². The summed E-state index contributed by atoms with van der Waals surface area (Å²) in [6.07, 6.45) is 0.494. The van der Waals surface area contributed by atoms with Gasteiger partial charge in [-0.2, -0.15) is 5.26 Å². The van der Waals surface area contributed by atoms with Crippen LogP contribution >= 0.6 is 27.3 Å². The quantitative estimate of drug-likeness (QED) is 0.829. The van der Waals surface area contributed by atoms with Gasteiger partial charge in [-0.15, -0.1) is 11.3 Å². The topological polar surface area (TPSA) is 45.9 Å². The zero-order valence-corrected chi connectivity index (χ0v) is 13.1. The Hall–Kier alpha value is -1.38. The van der Waals surface area contributed by atoms with Gasteiger partial charge in [-0.25, -0.2) is 4.98 Å². The van der Waals surface area contributed by atoms with Gasteiger partial charge in [0, 0.05) is 5.56 Å². The van der Waals surface area contributed by atoms with Crippen molar-refractivity contribution in [3.05, 3.63) is 33.7 Å². The standard InChI is InChI=1S/C14H13BrN2OS/c1-9(2)18-11-5-3-10(4-6-11)14-17-12(7-8-16)13(15)19-14/h3-6,9H,7H2,1-2H3. The summed E-state index contributed by atoms with van der Waals surface area (Å²) in [5.74, 6) is 0.853. The molecule has 19 heavy (non-hydrogen) atoms. The lowest BCUT2D eigenvalue weighted by molar-refractivity contribution is 0.242. The molecule has 0 bridgehead atoms. The molecule has 0 aliphatic heterocycles. The van der Waals surface area contributed by atoms with Crippen LogP contribution in [0.25, 0.3) is 10.6 Å². The van der Waals surface area contributed by atoms with Crippen LogP contribution in [-0.2, 0) is 6.42 Å². The van der Waals surface area contributed by atoms with Crippen molar-refractivity contribution in [2.75, 3.05) is 0 Å². The highest BCUT2D eigenvalue weighted by atomic mass is 79.9. The summed E-state index contributed by atoms with van der Waals surface area (Å²) in [6.45, 7) is 4.00. The van der Waals surface area contributed by atoms with Crippen molar-refractivity contribution >= 4 is 27.3 Å². The van der Waals surface area contributed by atoms with Gasteiger partial charge in [0.1, 0.15) is 10.8 Å². The smallest absolute Gasteiger partial charge is 0.124 e. The predicted molar refractivity (Wildman–Crippen MR) is 80.3 cm³/mol. The van der Waals surface area contributed by atoms with Crippen LogP contribution in [0.5, 0.6) is 5.75 Å². The van der Waals surface area contributed by atoms with Crippen LogP contribution in [0.1, 0.15) is 19.5 Å². The van der Waals surface area contributed by atoms with Gasteiger partial charge in [0.15, 0.2) is 0 Å². The Bertz CT molecular complexity index is 599. The van der Waals surface area contributed by atoms with Crippen molar-refractivity contribution in [3.8, 4) is 22.4 Å². The third-order valence-corrected chi connectivity index (χ3v) is 4.25. The van der Waals surface area contributed by atoms with Crippen molar-refractivity contribution in [2.24, 2.45) is 0 Å². The zero-order valence-electron chi connectivity index (χ0n) is 10.7. The fraction of sp³-hybridized carbons (Fsp3) is 0.286. The largest absolute Gasteiger partial charge is 0.491 e. The SMILES string of the molecule is CC(C)Oc1ccc(-c2nc(CC#N)c(Br)s2)cc1. The van der Waals surface area contributed by atoms with Crippen molar-refractivity contribution < 1.29 is 4.74 Å². The molecule has 0 radical (unpaired) electrons. The van der Waals surface area contributed by atoms with E-state index in [1.165, 1.54) is 0 Å². The molecule has 1 aromatic carbocycles. The molecule has 0 spiro atoms. The van der Waals surface area contributed by atoms with Gasteiger partial charge in [0.25, 0.3) is 0 Å². The normalized spacial score (nSPS) is 10.5. The van der Waals surface area contributed by atoms with Gasteiger partial charge in [-0.05, 0) is 54.0 Å². The minimum atomic E-state index is 0.169. The number of nitriles is 1. The number of nitrogens with zero attached hydrogens (tertiary/aromatic N) is 2. The summed E-state index contributed by atoms with van der Waals surface area (Å²) in [7, 11) is 0. The van der Waals surface area contributed by atoms with Crippen molar-refractivity contribution in [2.45, 2.75) is 26.4 Å². The molecule has 0 unspecified atom stereocenters. The Morgan fingerprint density at radius 2 is 2.05 bits per heavy atom. The summed E-state index contributed by atoms with van der Waals surface area (Å²) in [6, 6.07) is 9.96. The molecule has 0 aliphatic carbocycles. The Morgan fingerprint density at radius 1 is 1.37 bits per heavy atom. The first kappa shape index (κ1) is 14.0. The maximum Gasteiger partial charge on any atom is 0.124 e. The number of hydrogen-bond acceptors (Lipinski definition) is 4. The van der Waals surface area contributed by atoms with E-state index in [0.29, 0.717) is 6.42 Å². The third kappa shape index (κ3) is 3.55. The molecule has 0 saturated carbocycles. The van der Waals surface area contributed by atoms with Crippen molar-refractivity contribution in [1.29, 1.82) is 5.26 Å². The minimum Gasteiger partial charge on any atom is -0.491 e. The first-order valence-electron chi connectivity index (χ1n) is 5.89. The number of aromatic nitrogens is 1. The van der Waals surface area contributed by atoms with Gasteiger partial charge in [-0.1, -0.05) is 0 Å². The number of halogens is 1. The number of rotatable bonds is 4. The zero-order chi connectivity index (χ0) is 13.8. The summed E-state index contributed by atoms with van der Waals surface area (Å²) >= 11 is 4.98. The van der Waals surface area contributed by atoms with Crippen LogP contribution < -0.4 is 4.74 Å². The van der Waals surface area contributed by atoms with Crippen LogP contribution in [0, 0.1) is 11.3 Å². The Morgan fingerprint density at radius 3 is 2.63 bits per heavy atom. The second-order valence-corrected chi connectivity index (χ2v) is 6.58. The second-order valence-electron chi connectivity index (χ2n) is 4.27. The molecule has 98 valence electrons. The maximum absolute atomic E-state index is 8.72. The number of ether oxygens (including phenoxy) is 1. The van der Waals surface area contributed by atoms with E-state index in [9.17, 15) is 0 Å². The molecule has 0 aliphatic rings. The molecule has 5 heteroatoms. The molecule has 0 atom stereocenters. The highest BCUT2D eigenvalue weighted by Gasteiger charge is 2.10. The first-order chi connectivity index (χ1) is 9.10. The van der Waals surface area contributed by atoms with Gasteiger partial charge < -0.3 is 4.74 Å². The molecule has 2 aromatic rings. The van der Waals surface area contributed by atoms with Gasteiger partial charge in [-0.3, -0.25) is 0 Å². The van der Waals surface area contributed by atoms with Crippen LogP contribution in [-0.4, -0.2) is 11.1 Å². The van der Waals surface area contributed by atoms with E-state index in [-0.39, 0.29) is 6.10 Å². The lowest BCUT2D eigenvalue weighted by atomic mass is 10.2. The van der Waals surface area contributed by atoms with Crippen LogP contribution in [0.3, 0.4) is 0 Å². The summed E-state index contributed by atoms with van der Waals surface area (Å²) < 4.78 is 6.53. The summed E-state index contributed by atoms with van der Waals surface area (Å²) in [5.41, 5.74) is 1.83. The van der Waals surface area contributed by atoms with Gasteiger partial charge in [0.05, 0.1) is 28.1 Å². The molecule has 3 nitrogen and oxygen atoms in total. The number of hydrogen-bond donors (Lipinski definition) is 0. The van der Waals surface area contributed by atoms with E-state index in [0.717, 1.165) is 25.8 Å². The lowest BCUT2D eigenvalue weighted by Crippen LogP contribution is -2.05. The Kier molecular flexibility index (Phi) is 4.56. The van der Waals surface area contributed by atoms with E-state index in [1.54, 1.807) is 11.3 Å². The first-order valence-corrected chi connectivity index (χ1v) is 7.50. The average Bonchev–Trinajstić information content (AvgIpc) is 2.72. The lowest BCUT2D eigenvalue weighted by Gasteiger charge is -2.09. The maximum atomic E-state index is 8.72. The predicted octanol–water partition coefficient (Wildman–Crippen LogP) is 4.43. The molecule has 0 fully saturated rings. The second kappa shape index (κ2) is 6.18. The molecule has 1 heterocycles. The third-order valence-electron chi connectivity index (χ3n) is 2.37. The van der Waals surface area contributed by atoms with Crippen molar-refractivity contribution in [1.82, 2.24) is 4.98 Å². The summed E-state index contributed by atoms with van der Waals surface area (Å²) in [4.78, 5) is 4.47. The van der Waals surface area contributed by atoms with E-state index in [2.05, 4.69) is 27.0 Å². The molecular weight excluding hydrogens is 324 g/mol. The molecule has 0 N–H and O–H groups in total. The highest BCUT2D eigenvalue weighted by Crippen LogP contribution is 2.33. The van der Waals surface area contributed by atoms with E-state index in [1.807, 2.05) is 38.1 Å². The average molecular weight is 337 g/mol. The Labute approximate surface area is 125 Å². The van der Waals surface area contributed by atoms with Crippen LogP contribution in [0.4, 0.5) is 0 Å². The highest BCUT2D eigenvalue weighted by molar-refractivity contribution is 9.11. The number of benzene rings is 1. The van der Waals surface area contributed by atoms with Crippen LogP contribution in [0.15, 0.2) is 28.1 Å². The summed E-state index contributed by atoms with van der Waals surface area (Å²) in [5, 5.41) is 9.63. The fourth-order valence-corrected chi connectivity index (χ4v) is 3.09. The molecule has 0 amide bonds. The van der Waals surface area contributed by atoms with Crippen molar-refractivity contribution in [3.63, 3.8) is 0 Å². The Balaban J connectivity index is 2.22. The number of thiazole rings is 1. The van der Waals surface area contributed by atoms with Crippen LogP contribution in [0.2, 0.25) is 0 Å². The molecule has 2 rings (SSSR count). The van der Waals surface area contributed by atoms with E-state index >= 15 is 0 Å². The molecular formula is C14H13BrN2OS.